The maximum Gasteiger partial charge on any atom is 0.417 e. The molecule has 0 unspecified atom stereocenters. The first-order valence-electron chi connectivity index (χ1n) is 12.6. The van der Waals surface area contributed by atoms with Crippen molar-refractivity contribution < 1.29 is 9.53 Å². The molecule has 0 aliphatic carbocycles. The highest BCUT2D eigenvalue weighted by atomic mass is 16.5. The summed E-state index contributed by atoms with van der Waals surface area (Å²) >= 11 is 0. The second kappa shape index (κ2) is 24.5. The standard InChI is InChI=1S/C25H50NO2/c1-3-26(4-2)23-21-19-17-15-13-11-9-7-5-6-8-10-12-14-16-18-20-22-24-28-25-27/h3-24H2,1-2H3. The van der Waals surface area contributed by atoms with Crippen molar-refractivity contribution in [3.8, 4) is 0 Å². The highest BCUT2D eigenvalue weighted by Gasteiger charge is 1.98. The Morgan fingerprint density at radius 3 is 1.18 bits per heavy atom. The van der Waals surface area contributed by atoms with E-state index in [9.17, 15) is 4.79 Å². The van der Waals surface area contributed by atoms with Crippen LogP contribution in [-0.4, -0.2) is 37.6 Å². The van der Waals surface area contributed by atoms with E-state index in [1.54, 1.807) is 0 Å². The molecule has 0 spiro atoms. The van der Waals surface area contributed by atoms with Crippen molar-refractivity contribution >= 4 is 6.47 Å². The molecule has 0 amide bonds. The summed E-state index contributed by atoms with van der Waals surface area (Å²) in [6, 6.07) is 0. The first-order valence-corrected chi connectivity index (χ1v) is 12.6. The van der Waals surface area contributed by atoms with E-state index in [-0.39, 0.29) is 0 Å². The van der Waals surface area contributed by atoms with Crippen molar-refractivity contribution in [2.75, 3.05) is 26.2 Å². The van der Waals surface area contributed by atoms with E-state index in [0.717, 1.165) is 6.42 Å². The minimum atomic E-state index is 0.542. The Bertz CT molecular complexity index is 292. The van der Waals surface area contributed by atoms with Gasteiger partial charge in [0.15, 0.2) is 0 Å². The molecule has 167 valence electrons. The third-order valence-electron chi connectivity index (χ3n) is 5.92. The summed E-state index contributed by atoms with van der Waals surface area (Å²) in [7, 11) is 0. The molecule has 1 radical (unpaired) electrons. The first-order chi connectivity index (χ1) is 13.8. The first kappa shape index (κ1) is 27.4. The third kappa shape index (κ3) is 21.7. The number of unbranched alkanes of at least 4 members (excludes halogenated alkanes) is 17. The lowest BCUT2D eigenvalue weighted by atomic mass is 10.0. The molecule has 0 aliphatic rings. The van der Waals surface area contributed by atoms with E-state index >= 15 is 0 Å². The second-order valence-electron chi connectivity index (χ2n) is 8.32. The van der Waals surface area contributed by atoms with Crippen LogP contribution < -0.4 is 0 Å². The van der Waals surface area contributed by atoms with Gasteiger partial charge in [0, 0.05) is 0 Å². The number of rotatable bonds is 24. The molecule has 0 saturated carbocycles. The maximum absolute atomic E-state index is 9.88. The Morgan fingerprint density at radius 2 is 0.857 bits per heavy atom. The quantitative estimate of drug-likeness (QED) is 0.159. The molecule has 28 heavy (non-hydrogen) atoms. The third-order valence-corrected chi connectivity index (χ3v) is 5.92. The highest BCUT2D eigenvalue weighted by molar-refractivity contribution is 5.37. The fraction of sp³-hybridized carbons (Fsp3) is 0.960. The van der Waals surface area contributed by atoms with E-state index in [1.807, 2.05) is 0 Å². The number of ether oxygens (including phenoxy) is 1. The van der Waals surface area contributed by atoms with Crippen LogP contribution in [0.4, 0.5) is 0 Å². The molecular weight excluding hydrogens is 346 g/mol. The van der Waals surface area contributed by atoms with E-state index in [2.05, 4.69) is 23.5 Å². The minimum absolute atomic E-state index is 0.542. The van der Waals surface area contributed by atoms with Gasteiger partial charge in [-0.15, -0.1) is 0 Å². The van der Waals surface area contributed by atoms with E-state index in [0.29, 0.717) is 6.61 Å². The molecule has 0 aromatic rings. The molecule has 0 heterocycles. The van der Waals surface area contributed by atoms with Gasteiger partial charge in [0.2, 0.25) is 0 Å². The van der Waals surface area contributed by atoms with Crippen LogP contribution in [0, 0.1) is 0 Å². The van der Waals surface area contributed by atoms with E-state index < -0.39 is 0 Å². The maximum atomic E-state index is 9.88. The molecule has 0 aliphatic heterocycles. The zero-order chi connectivity index (χ0) is 20.5. The lowest BCUT2D eigenvalue weighted by Crippen LogP contribution is -2.23. The van der Waals surface area contributed by atoms with Gasteiger partial charge in [0.1, 0.15) is 0 Å². The van der Waals surface area contributed by atoms with Gasteiger partial charge >= 0.3 is 6.47 Å². The van der Waals surface area contributed by atoms with Gasteiger partial charge in [-0.25, -0.2) is 4.79 Å². The van der Waals surface area contributed by atoms with Crippen LogP contribution in [-0.2, 0) is 9.53 Å². The van der Waals surface area contributed by atoms with Crippen LogP contribution in [0.5, 0.6) is 0 Å². The van der Waals surface area contributed by atoms with Crippen LogP contribution in [0.15, 0.2) is 0 Å². The molecule has 3 nitrogen and oxygen atoms in total. The lowest BCUT2D eigenvalue weighted by Gasteiger charge is -2.17. The summed E-state index contributed by atoms with van der Waals surface area (Å²) in [5.74, 6) is 0. The van der Waals surface area contributed by atoms with Gasteiger partial charge in [0.05, 0.1) is 6.61 Å². The zero-order valence-corrected chi connectivity index (χ0v) is 19.3. The molecule has 0 aromatic heterocycles. The van der Waals surface area contributed by atoms with Crippen LogP contribution in [0.2, 0.25) is 0 Å². The van der Waals surface area contributed by atoms with Crippen molar-refractivity contribution in [3.05, 3.63) is 0 Å². The topological polar surface area (TPSA) is 29.5 Å². The van der Waals surface area contributed by atoms with Gasteiger partial charge in [-0.3, -0.25) is 0 Å². The highest BCUT2D eigenvalue weighted by Crippen LogP contribution is 2.14. The van der Waals surface area contributed by atoms with E-state index in [1.165, 1.54) is 135 Å². The van der Waals surface area contributed by atoms with Crippen LogP contribution >= 0.6 is 0 Å². The summed E-state index contributed by atoms with van der Waals surface area (Å²) in [6.07, 6.45) is 24.7. The molecule has 0 bridgehead atoms. The second-order valence-corrected chi connectivity index (χ2v) is 8.32. The Kier molecular flexibility index (Phi) is 24.0. The molecule has 0 saturated heterocycles. The fourth-order valence-electron chi connectivity index (χ4n) is 3.92. The summed E-state index contributed by atoms with van der Waals surface area (Å²) < 4.78 is 4.57. The van der Waals surface area contributed by atoms with Gasteiger partial charge in [-0.05, 0) is 32.5 Å². The largest absolute Gasteiger partial charge is 0.457 e. The van der Waals surface area contributed by atoms with Crippen LogP contribution in [0.25, 0.3) is 0 Å². The SMILES string of the molecule is CCN(CC)CCCCCCCCCCCCCCCCCCCCO[C]=O. The summed E-state index contributed by atoms with van der Waals surface area (Å²) in [4.78, 5) is 12.4. The number of hydrogen-bond donors (Lipinski definition) is 0. The van der Waals surface area contributed by atoms with Gasteiger partial charge in [-0.2, -0.15) is 0 Å². The number of nitrogens with zero attached hydrogens (tertiary/aromatic N) is 1. The fourth-order valence-corrected chi connectivity index (χ4v) is 3.92. The minimum Gasteiger partial charge on any atom is -0.457 e. The summed E-state index contributed by atoms with van der Waals surface area (Å²) in [6.45, 7) is 10.3. The Balaban J connectivity index is 3.04. The van der Waals surface area contributed by atoms with Crippen molar-refractivity contribution in [2.45, 2.75) is 129 Å². The van der Waals surface area contributed by atoms with E-state index in [4.69, 9.17) is 0 Å². The monoisotopic (exact) mass is 396 g/mol. The Hall–Kier alpha value is -0.570. The molecule has 0 atom stereocenters. The summed E-state index contributed by atoms with van der Waals surface area (Å²) in [5, 5.41) is 0. The zero-order valence-electron chi connectivity index (χ0n) is 19.3. The smallest absolute Gasteiger partial charge is 0.417 e. The molecule has 0 aromatic carbocycles. The molecule has 0 fully saturated rings. The van der Waals surface area contributed by atoms with Crippen LogP contribution in [0.3, 0.4) is 0 Å². The van der Waals surface area contributed by atoms with Crippen molar-refractivity contribution in [1.82, 2.24) is 4.90 Å². The number of hydrogen-bond acceptors (Lipinski definition) is 3. The average molecular weight is 397 g/mol. The van der Waals surface area contributed by atoms with Crippen molar-refractivity contribution in [3.63, 3.8) is 0 Å². The van der Waals surface area contributed by atoms with Gasteiger partial charge in [0.25, 0.3) is 0 Å². The molecular formula is C25H50NO2. The molecule has 0 rings (SSSR count). The van der Waals surface area contributed by atoms with Crippen molar-refractivity contribution in [2.24, 2.45) is 0 Å². The Morgan fingerprint density at radius 1 is 0.536 bits per heavy atom. The normalized spacial score (nSPS) is 11.2. The summed E-state index contributed by atoms with van der Waals surface area (Å²) in [5.41, 5.74) is 0. The predicted molar refractivity (Wildman–Crippen MR) is 123 cm³/mol. The predicted octanol–water partition coefficient (Wildman–Crippen LogP) is 7.43. The Labute approximate surface area is 177 Å². The average Bonchev–Trinajstić information content (AvgIpc) is 2.72. The van der Waals surface area contributed by atoms with Crippen molar-refractivity contribution in [1.29, 1.82) is 0 Å². The molecule has 0 N–H and O–H groups in total. The number of carbonyl (C=O) groups excluding carboxylic acids is 1. The van der Waals surface area contributed by atoms with Gasteiger partial charge < -0.3 is 9.64 Å². The van der Waals surface area contributed by atoms with Crippen LogP contribution in [0.1, 0.15) is 129 Å². The lowest BCUT2D eigenvalue weighted by molar-refractivity contribution is 0.268. The molecule has 3 heteroatoms. The van der Waals surface area contributed by atoms with Gasteiger partial charge in [-0.1, -0.05) is 117 Å².